The van der Waals surface area contributed by atoms with Crippen LogP contribution in [0.1, 0.15) is 0 Å². The van der Waals surface area contributed by atoms with Crippen molar-refractivity contribution < 1.29 is 0 Å². The van der Waals surface area contributed by atoms with E-state index in [1.807, 2.05) is 30.0 Å². The van der Waals surface area contributed by atoms with E-state index in [4.69, 9.17) is 5.26 Å². The molecule has 0 N–H and O–H groups in total. The first kappa shape index (κ1) is 9.70. The van der Waals surface area contributed by atoms with Crippen LogP contribution in [0.25, 0.3) is 0 Å². The van der Waals surface area contributed by atoms with E-state index >= 15 is 0 Å². The van der Waals surface area contributed by atoms with Crippen molar-refractivity contribution in [3.63, 3.8) is 0 Å². The van der Waals surface area contributed by atoms with E-state index in [1.54, 1.807) is 11.8 Å². The highest BCUT2D eigenvalue weighted by atomic mass is 32.2. The number of hydrogen-bond donors (Lipinski definition) is 0. The standard InChI is InChI=1S/C11H9NS2/c12-6-9-7-13-8-11(9)14-10-4-2-1-3-5-10/h1-5H,7-8H2. The molecule has 1 heterocycles. The second kappa shape index (κ2) is 4.59. The monoisotopic (exact) mass is 219 g/mol. The van der Waals surface area contributed by atoms with Crippen molar-refractivity contribution in [1.82, 2.24) is 0 Å². The smallest absolute Gasteiger partial charge is 0.0964 e. The fourth-order valence-corrected chi connectivity index (χ4v) is 3.53. The topological polar surface area (TPSA) is 23.8 Å². The number of thioether (sulfide) groups is 2. The van der Waals surface area contributed by atoms with Crippen LogP contribution < -0.4 is 0 Å². The van der Waals surface area contributed by atoms with Gasteiger partial charge in [-0.1, -0.05) is 30.0 Å². The van der Waals surface area contributed by atoms with Gasteiger partial charge in [-0.2, -0.15) is 17.0 Å². The Bertz CT molecular complexity index is 389. The molecule has 70 valence electrons. The Morgan fingerprint density at radius 1 is 1.21 bits per heavy atom. The zero-order valence-corrected chi connectivity index (χ0v) is 9.20. The van der Waals surface area contributed by atoms with Gasteiger partial charge in [0.15, 0.2) is 0 Å². The molecule has 0 saturated heterocycles. The van der Waals surface area contributed by atoms with Gasteiger partial charge in [0.1, 0.15) is 0 Å². The minimum Gasteiger partial charge on any atom is -0.193 e. The minimum atomic E-state index is 0.881. The van der Waals surface area contributed by atoms with Gasteiger partial charge in [-0.25, -0.2) is 0 Å². The maximum Gasteiger partial charge on any atom is 0.0964 e. The van der Waals surface area contributed by atoms with Crippen LogP contribution in [0.3, 0.4) is 0 Å². The lowest BCUT2D eigenvalue weighted by molar-refractivity contribution is 1.43. The molecule has 14 heavy (non-hydrogen) atoms. The highest BCUT2D eigenvalue weighted by molar-refractivity contribution is 8.06. The van der Waals surface area contributed by atoms with Crippen LogP contribution in [0.4, 0.5) is 0 Å². The summed E-state index contributed by atoms with van der Waals surface area (Å²) in [5.74, 6) is 1.87. The van der Waals surface area contributed by atoms with Crippen molar-refractivity contribution in [2.24, 2.45) is 0 Å². The number of nitriles is 1. The van der Waals surface area contributed by atoms with Gasteiger partial charge < -0.3 is 0 Å². The zero-order valence-electron chi connectivity index (χ0n) is 7.56. The lowest BCUT2D eigenvalue weighted by Crippen LogP contribution is -1.81. The quantitative estimate of drug-likeness (QED) is 0.762. The van der Waals surface area contributed by atoms with Gasteiger partial charge in [0.05, 0.1) is 11.6 Å². The molecule has 0 aromatic heterocycles. The van der Waals surface area contributed by atoms with E-state index in [1.165, 1.54) is 9.80 Å². The van der Waals surface area contributed by atoms with Crippen LogP contribution in [-0.4, -0.2) is 11.5 Å². The molecule has 1 aromatic carbocycles. The van der Waals surface area contributed by atoms with E-state index in [9.17, 15) is 0 Å². The first-order valence-electron chi connectivity index (χ1n) is 4.33. The van der Waals surface area contributed by atoms with E-state index < -0.39 is 0 Å². The zero-order chi connectivity index (χ0) is 9.80. The summed E-state index contributed by atoms with van der Waals surface area (Å²) in [7, 11) is 0. The Morgan fingerprint density at radius 2 is 2.00 bits per heavy atom. The molecule has 0 spiro atoms. The Labute approximate surface area is 92.2 Å². The van der Waals surface area contributed by atoms with E-state index in [2.05, 4.69) is 18.2 Å². The second-order valence-corrected chi connectivity index (χ2v) is 5.08. The second-order valence-electron chi connectivity index (χ2n) is 2.92. The van der Waals surface area contributed by atoms with Crippen molar-refractivity contribution in [3.05, 3.63) is 40.8 Å². The van der Waals surface area contributed by atoms with Crippen molar-refractivity contribution in [1.29, 1.82) is 5.26 Å². The number of rotatable bonds is 2. The first-order valence-corrected chi connectivity index (χ1v) is 6.30. The Hall–Kier alpha value is -0.850. The summed E-state index contributed by atoms with van der Waals surface area (Å²) in [5.41, 5.74) is 0.948. The molecule has 3 heteroatoms. The van der Waals surface area contributed by atoms with Gasteiger partial charge in [-0.05, 0) is 12.1 Å². The summed E-state index contributed by atoms with van der Waals surface area (Å²) in [4.78, 5) is 2.45. The highest BCUT2D eigenvalue weighted by Gasteiger charge is 2.15. The normalized spacial score (nSPS) is 15.6. The van der Waals surface area contributed by atoms with Gasteiger partial charge >= 0.3 is 0 Å². The van der Waals surface area contributed by atoms with Gasteiger partial charge in [0.2, 0.25) is 0 Å². The molecule has 0 radical (unpaired) electrons. The summed E-state index contributed by atoms with van der Waals surface area (Å²) < 4.78 is 0. The molecule has 0 atom stereocenters. The summed E-state index contributed by atoms with van der Waals surface area (Å²) in [6.07, 6.45) is 0. The van der Waals surface area contributed by atoms with E-state index in [0.717, 1.165) is 17.1 Å². The number of hydrogen-bond acceptors (Lipinski definition) is 3. The molecular formula is C11H9NS2. The SMILES string of the molecule is N#CC1=C(Sc2ccccc2)CSC1. The number of nitrogens with zero attached hydrogens (tertiary/aromatic N) is 1. The lowest BCUT2D eigenvalue weighted by Gasteiger charge is -2.00. The van der Waals surface area contributed by atoms with Crippen molar-refractivity contribution in [2.75, 3.05) is 11.5 Å². The largest absolute Gasteiger partial charge is 0.193 e. The Balaban J connectivity index is 2.16. The molecular weight excluding hydrogens is 210 g/mol. The van der Waals surface area contributed by atoms with Gasteiger partial charge in [-0.15, -0.1) is 0 Å². The molecule has 0 bridgehead atoms. The molecule has 1 aliphatic rings. The van der Waals surface area contributed by atoms with E-state index in [-0.39, 0.29) is 0 Å². The molecule has 1 nitrogen and oxygen atoms in total. The molecule has 0 unspecified atom stereocenters. The molecule has 0 amide bonds. The van der Waals surface area contributed by atoms with Crippen LogP contribution in [-0.2, 0) is 0 Å². The maximum absolute atomic E-state index is 8.88. The third-order valence-electron chi connectivity index (χ3n) is 1.94. The predicted molar refractivity (Wildman–Crippen MR) is 62.3 cm³/mol. The Kier molecular flexibility index (Phi) is 3.18. The van der Waals surface area contributed by atoms with E-state index in [0.29, 0.717) is 0 Å². The summed E-state index contributed by atoms with van der Waals surface area (Å²) in [6.45, 7) is 0. The van der Waals surface area contributed by atoms with Crippen molar-refractivity contribution >= 4 is 23.5 Å². The van der Waals surface area contributed by atoms with Crippen LogP contribution in [0.15, 0.2) is 45.7 Å². The summed E-state index contributed by atoms with van der Waals surface area (Å²) in [6, 6.07) is 12.5. The predicted octanol–water partition coefficient (Wildman–Crippen LogP) is 3.30. The summed E-state index contributed by atoms with van der Waals surface area (Å²) in [5, 5.41) is 8.88. The highest BCUT2D eigenvalue weighted by Crippen LogP contribution is 2.36. The van der Waals surface area contributed by atoms with Crippen LogP contribution >= 0.6 is 23.5 Å². The average Bonchev–Trinajstić information content (AvgIpc) is 2.67. The fourth-order valence-electron chi connectivity index (χ4n) is 1.23. The van der Waals surface area contributed by atoms with Crippen molar-refractivity contribution in [2.45, 2.75) is 4.90 Å². The molecule has 1 aliphatic heterocycles. The van der Waals surface area contributed by atoms with Crippen LogP contribution in [0, 0.1) is 11.3 Å². The van der Waals surface area contributed by atoms with Crippen molar-refractivity contribution in [3.8, 4) is 6.07 Å². The maximum atomic E-state index is 8.88. The first-order chi connectivity index (χ1) is 6.90. The minimum absolute atomic E-state index is 0.881. The van der Waals surface area contributed by atoms with Crippen LogP contribution in [0.5, 0.6) is 0 Å². The van der Waals surface area contributed by atoms with Gasteiger partial charge in [0, 0.05) is 21.3 Å². The average molecular weight is 219 g/mol. The molecule has 0 aliphatic carbocycles. The Morgan fingerprint density at radius 3 is 2.71 bits per heavy atom. The number of benzene rings is 1. The van der Waals surface area contributed by atoms with Gasteiger partial charge in [-0.3, -0.25) is 0 Å². The van der Waals surface area contributed by atoms with Crippen LogP contribution in [0.2, 0.25) is 0 Å². The molecule has 2 rings (SSSR count). The molecule has 0 fully saturated rings. The molecule has 1 aromatic rings. The fraction of sp³-hybridized carbons (Fsp3) is 0.182. The third kappa shape index (κ3) is 2.14. The third-order valence-corrected chi connectivity index (χ3v) is 4.25. The molecule has 0 saturated carbocycles. The lowest BCUT2D eigenvalue weighted by atomic mass is 10.3. The van der Waals surface area contributed by atoms with Gasteiger partial charge in [0.25, 0.3) is 0 Å². The summed E-state index contributed by atoms with van der Waals surface area (Å²) >= 11 is 3.54.